The molecule has 6 heteroatoms. The van der Waals surface area contributed by atoms with Gasteiger partial charge < -0.3 is 14.8 Å². The molecule has 0 saturated carbocycles. The van der Waals surface area contributed by atoms with Crippen LogP contribution in [0.3, 0.4) is 0 Å². The molecule has 0 aromatic heterocycles. The third-order valence-electron chi connectivity index (χ3n) is 6.07. The van der Waals surface area contributed by atoms with Crippen LogP contribution in [0.1, 0.15) is 11.1 Å². The maximum atomic E-state index is 13.8. The number of imide groups is 1. The van der Waals surface area contributed by atoms with E-state index in [-0.39, 0.29) is 18.4 Å². The molecule has 2 aliphatic heterocycles. The number of amides is 2. The standard InChI is InChI=1S/C28H20N2O4/c1-17-9-11-19(12-10-17)25-26(29-20-13-14-23-24(15-20)34-16-33-23)28(32)30(27(25)31)22-8-4-6-18-5-2-3-7-21(18)22/h2-15,29H,16H2,1H3. The van der Waals surface area contributed by atoms with Crippen molar-refractivity contribution in [2.24, 2.45) is 0 Å². The number of carbonyl (C=O) groups excluding carboxylic acids is 2. The zero-order valence-electron chi connectivity index (χ0n) is 18.4. The van der Waals surface area contributed by atoms with E-state index in [0.717, 1.165) is 16.3 Å². The highest BCUT2D eigenvalue weighted by atomic mass is 16.7. The summed E-state index contributed by atoms with van der Waals surface area (Å²) in [7, 11) is 0. The summed E-state index contributed by atoms with van der Waals surface area (Å²) in [4.78, 5) is 28.8. The highest BCUT2D eigenvalue weighted by Crippen LogP contribution is 2.39. The molecule has 0 unspecified atom stereocenters. The first-order valence-electron chi connectivity index (χ1n) is 10.9. The Hall–Kier alpha value is -4.58. The maximum Gasteiger partial charge on any atom is 0.282 e. The van der Waals surface area contributed by atoms with E-state index in [1.54, 1.807) is 24.3 Å². The van der Waals surface area contributed by atoms with Crippen LogP contribution in [0.5, 0.6) is 11.5 Å². The number of anilines is 2. The maximum absolute atomic E-state index is 13.8. The molecule has 4 aromatic carbocycles. The van der Waals surface area contributed by atoms with Crippen LogP contribution in [0.2, 0.25) is 0 Å². The third kappa shape index (κ3) is 3.19. The fraction of sp³-hybridized carbons (Fsp3) is 0.0714. The summed E-state index contributed by atoms with van der Waals surface area (Å²) >= 11 is 0. The van der Waals surface area contributed by atoms with E-state index < -0.39 is 5.91 Å². The molecule has 0 fully saturated rings. The molecule has 2 aliphatic rings. The number of benzene rings is 4. The van der Waals surface area contributed by atoms with Gasteiger partial charge in [-0.2, -0.15) is 0 Å². The summed E-state index contributed by atoms with van der Waals surface area (Å²) in [6, 6.07) is 26.3. The molecule has 1 N–H and O–H groups in total. The Kier molecular flexibility index (Phi) is 4.59. The number of carbonyl (C=O) groups is 2. The molecule has 0 bridgehead atoms. The van der Waals surface area contributed by atoms with Crippen molar-refractivity contribution in [3.05, 3.63) is 102 Å². The minimum atomic E-state index is -0.408. The molecule has 166 valence electrons. The van der Waals surface area contributed by atoms with Crippen LogP contribution in [-0.4, -0.2) is 18.6 Å². The molecular weight excluding hydrogens is 428 g/mol. The predicted molar refractivity (Wildman–Crippen MR) is 131 cm³/mol. The largest absolute Gasteiger partial charge is 0.454 e. The lowest BCUT2D eigenvalue weighted by molar-refractivity contribution is -0.120. The van der Waals surface area contributed by atoms with Crippen molar-refractivity contribution < 1.29 is 19.1 Å². The van der Waals surface area contributed by atoms with Gasteiger partial charge in [0.1, 0.15) is 5.70 Å². The summed E-state index contributed by atoms with van der Waals surface area (Å²) in [5, 5.41) is 4.98. The molecule has 2 amide bonds. The quantitative estimate of drug-likeness (QED) is 0.431. The number of rotatable bonds is 4. The number of nitrogens with one attached hydrogen (secondary N) is 1. The van der Waals surface area contributed by atoms with E-state index in [1.807, 2.05) is 67.6 Å². The van der Waals surface area contributed by atoms with E-state index in [0.29, 0.717) is 34.0 Å². The zero-order chi connectivity index (χ0) is 23.2. The van der Waals surface area contributed by atoms with Crippen molar-refractivity contribution in [2.75, 3.05) is 17.0 Å². The molecule has 0 radical (unpaired) electrons. The number of fused-ring (bicyclic) bond motifs is 2. The van der Waals surface area contributed by atoms with Gasteiger partial charge in [-0.3, -0.25) is 9.59 Å². The molecule has 6 rings (SSSR count). The SMILES string of the molecule is Cc1ccc(C2=C(Nc3ccc4c(c3)OCO4)C(=O)N(c3cccc4ccccc34)C2=O)cc1. The summed E-state index contributed by atoms with van der Waals surface area (Å²) in [6.07, 6.45) is 0. The molecule has 0 aliphatic carbocycles. The smallest absolute Gasteiger partial charge is 0.282 e. The number of hydrogen-bond acceptors (Lipinski definition) is 5. The lowest BCUT2D eigenvalue weighted by Crippen LogP contribution is -2.32. The molecule has 2 heterocycles. The average molecular weight is 448 g/mol. The summed E-state index contributed by atoms with van der Waals surface area (Å²) < 4.78 is 10.9. The molecule has 0 atom stereocenters. The molecule has 34 heavy (non-hydrogen) atoms. The molecule has 0 saturated heterocycles. The van der Waals surface area contributed by atoms with Crippen LogP contribution in [0.4, 0.5) is 11.4 Å². The predicted octanol–water partition coefficient (Wildman–Crippen LogP) is 5.27. The number of ether oxygens (including phenoxy) is 2. The van der Waals surface area contributed by atoms with Crippen molar-refractivity contribution in [1.29, 1.82) is 0 Å². The van der Waals surface area contributed by atoms with Gasteiger partial charge in [-0.25, -0.2) is 4.90 Å². The molecule has 6 nitrogen and oxygen atoms in total. The molecule has 0 spiro atoms. The number of nitrogens with zero attached hydrogens (tertiary/aromatic N) is 1. The fourth-order valence-electron chi connectivity index (χ4n) is 4.37. The van der Waals surface area contributed by atoms with E-state index in [4.69, 9.17) is 9.47 Å². The van der Waals surface area contributed by atoms with Crippen LogP contribution < -0.4 is 19.7 Å². The Morgan fingerprint density at radius 3 is 2.41 bits per heavy atom. The summed E-state index contributed by atoms with van der Waals surface area (Å²) in [5.74, 6) is 0.456. The van der Waals surface area contributed by atoms with E-state index >= 15 is 0 Å². The van der Waals surface area contributed by atoms with Crippen LogP contribution in [0.15, 0.2) is 90.6 Å². The lowest BCUT2D eigenvalue weighted by atomic mass is 10.0. The highest BCUT2D eigenvalue weighted by Gasteiger charge is 2.41. The summed E-state index contributed by atoms with van der Waals surface area (Å²) in [6.45, 7) is 2.14. The first kappa shape index (κ1) is 20.1. The van der Waals surface area contributed by atoms with Gasteiger partial charge in [0.05, 0.1) is 11.3 Å². The van der Waals surface area contributed by atoms with Crippen molar-refractivity contribution in [1.82, 2.24) is 0 Å². The Morgan fingerprint density at radius 2 is 1.56 bits per heavy atom. The van der Waals surface area contributed by atoms with Crippen LogP contribution >= 0.6 is 0 Å². The third-order valence-corrected chi connectivity index (χ3v) is 6.07. The number of hydrogen-bond donors (Lipinski definition) is 1. The van der Waals surface area contributed by atoms with E-state index in [2.05, 4.69) is 5.32 Å². The van der Waals surface area contributed by atoms with Gasteiger partial charge >= 0.3 is 0 Å². The second-order valence-corrected chi connectivity index (χ2v) is 8.25. The highest BCUT2D eigenvalue weighted by molar-refractivity contribution is 6.47. The van der Waals surface area contributed by atoms with Gasteiger partial charge in [0.15, 0.2) is 11.5 Å². The average Bonchev–Trinajstić information content (AvgIpc) is 3.41. The van der Waals surface area contributed by atoms with Gasteiger partial charge in [0.25, 0.3) is 11.8 Å². The zero-order valence-corrected chi connectivity index (χ0v) is 18.4. The second-order valence-electron chi connectivity index (χ2n) is 8.25. The monoisotopic (exact) mass is 448 g/mol. The van der Waals surface area contributed by atoms with Gasteiger partial charge in [0, 0.05) is 17.1 Å². The summed E-state index contributed by atoms with van der Waals surface area (Å²) in [5.41, 5.74) is 3.48. The lowest BCUT2D eigenvalue weighted by Gasteiger charge is -2.18. The topological polar surface area (TPSA) is 67.9 Å². The van der Waals surface area contributed by atoms with Crippen molar-refractivity contribution in [3.63, 3.8) is 0 Å². The van der Waals surface area contributed by atoms with Gasteiger partial charge in [-0.1, -0.05) is 66.2 Å². The van der Waals surface area contributed by atoms with Crippen molar-refractivity contribution in [3.8, 4) is 11.5 Å². The minimum absolute atomic E-state index is 0.155. The van der Waals surface area contributed by atoms with Crippen LogP contribution in [-0.2, 0) is 9.59 Å². The van der Waals surface area contributed by atoms with Crippen molar-refractivity contribution >= 4 is 39.5 Å². The Bertz CT molecular complexity index is 1500. The van der Waals surface area contributed by atoms with Gasteiger partial charge in [-0.15, -0.1) is 0 Å². The van der Waals surface area contributed by atoms with E-state index in [9.17, 15) is 9.59 Å². The Balaban J connectivity index is 1.48. The Morgan fingerprint density at radius 1 is 0.794 bits per heavy atom. The first-order chi connectivity index (χ1) is 16.6. The fourth-order valence-corrected chi connectivity index (χ4v) is 4.37. The molecule has 4 aromatic rings. The van der Waals surface area contributed by atoms with E-state index in [1.165, 1.54) is 4.90 Å². The van der Waals surface area contributed by atoms with Gasteiger partial charge in [0.2, 0.25) is 6.79 Å². The van der Waals surface area contributed by atoms with Gasteiger partial charge in [-0.05, 0) is 36.1 Å². The van der Waals surface area contributed by atoms with Crippen LogP contribution in [0.25, 0.3) is 16.3 Å². The van der Waals surface area contributed by atoms with Crippen molar-refractivity contribution in [2.45, 2.75) is 6.92 Å². The Labute approximate surface area is 196 Å². The number of aryl methyl sites for hydroxylation is 1. The second kappa shape index (κ2) is 7.78. The van der Waals surface area contributed by atoms with Crippen LogP contribution in [0, 0.1) is 6.92 Å². The minimum Gasteiger partial charge on any atom is -0.454 e. The normalized spacial score (nSPS) is 14.9. The first-order valence-corrected chi connectivity index (χ1v) is 10.9. The molecular formula is C28H20N2O4.